The summed E-state index contributed by atoms with van der Waals surface area (Å²) in [5, 5.41) is 0. The van der Waals surface area contributed by atoms with E-state index in [0.29, 0.717) is 24.0 Å². The average Bonchev–Trinajstić information content (AvgIpc) is 3.00. The van der Waals surface area contributed by atoms with Gasteiger partial charge in [-0.15, -0.1) is 0 Å². The molecule has 226 valence electrons. The van der Waals surface area contributed by atoms with Crippen LogP contribution in [0.2, 0.25) is 0 Å². The first kappa shape index (κ1) is 30.7. The Balaban J connectivity index is 1.36. The minimum Gasteiger partial charge on any atom is -0.495 e. The first-order valence-corrected chi connectivity index (χ1v) is 16.4. The lowest BCUT2D eigenvalue weighted by Gasteiger charge is -2.15. The van der Waals surface area contributed by atoms with Gasteiger partial charge < -0.3 is 4.74 Å². The van der Waals surface area contributed by atoms with Gasteiger partial charge in [0.05, 0.1) is 23.4 Å². The summed E-state index contributed by atoms with van der Waals surface area (Å²) in [6.45, 7) is 0. The number of rotatable bonds is 11. The van der Waals surface area contributed by atoms with Crippen LogP contribution in [0.1, 0.15) is 22.3 Å². The first-order valence-electron chi connectivity index (χ1n) is 13.4. The van der Waals surface area contributed by atoms with Gasteiger partial charge in [0.1, 0.15) is 22.3 Å². The van der Waals surface area contributed by atoms with Gasteiger partial charge in [0.2, 0.25) is 0 Å². The topological polar surface area (TPSA) is 102 Å². The van der Waals surface area contributed by atoms with Gasteiger partial charge in [-0.3, -0.25) is 9.44 Å². The number of benzene rings is 5. The van der Waals surface area contributed by atoms with Gasteiger partial charge in [0, 0.05) is 12.8 Å². The molecule has 0 aromatic heterocycles. The van der Waals surface area contributed by atoms with Crippen LogP contribution >= 0.6 is 0 Å². The molecule has 7 nitrogen and oxygen atoms in total. The number of hydrogen-bond donors (Lipinski definition) is 2. The van der Waals surface area contributed by atoms with E-state index < -0.39 is 41.5 Å². The number of nitrogens with one attached hydrogen (secondary N) is 2. The van der Waals surface area contributed by atoms with Crippen LogP contribution in [0.3, 0.4) is 0 Å². The summed E-state index contributed by atoms with van der Waals surface area (Å²) in [6, 6.07) is 29.7. The molecule has 0 aliphatic heterocycles. The Morgan fingerprint density at radius 3 is 1.52 bits per heavy atom. The van der Waals surface area contributed by atoms with Crippen LogP contribution in [0, 0.1) is 11.6 Å². The fourth-order valence-electron chi connectivity index (χ4n) is 4.60. The maximum atomic E-state index is 14.9. The first-order chi connectivity index (χ1) is 21.0. The Kier molecular flexibility index (Phi) is 8.98. The van der Waals surface area contributed by atoms with Gasteiger partial charge in [-0.25, -0.2) is 25.6 Å². The molecule has 0 aliphatic rings. The van der Waals surface area contributed by atoms with Crippen LogP contribution in [0.5, 0.6) is 5.75 Å². The fourth-order valence-corrected chi connectivity index (χ4v) is 6.99. The van der Waals surface area contributed by atoms with Crippen LogP contribution < -0.4 is 14.2 Å². The number of hydrogen-bond acceptors (Lipinski definition) is 5. The van der Waals surface area contributed by atoms with E-state index in [1.807, 2.05) is 60.7 Å². The van der Waals surface area contributed by atoms with Crippen molar-refractivity contribution in [1.82, 2.24) is 0 Å². The van der Waals surface area contributed by atoms with Crippen molar-refractivity contribution in [2.45, 2.75) is 22.6 Å². The molecule has 0 heterocycles. The van der Waals surface area contributed by atoms with E-state index in [1.165, 1.54) is 43.5 Å². The molecule has 44 heavy (non-hydrogen) atoms. The highest BCUT2D eigenvalue weighted by Crippen LogP contribution is 2.30. The number of ether oxygens (including phenoxy) is 1. The Bertz CT molecular complexity index is 2010. The maximum Gasteiger partial charge on any atom is 0.265 e. The van der Waals surface area contributed by atoms with Crippen molar-refractivity contribution in [2.24, 2.45) is 0 Å². The summed E-state index contributed by atoms with van der Waals surface area (Å²) >= 11 is 0. The van der Waals surface area contributed by atoms with Crippen molar-refractivity contribution in [1.29, 1.82) is 0 Å². The lowest BCUT2D eigenvalue weighted by molar-refractivity contribution is 0.402. The Morgan fingerprint density at radius 1 is 0.591 bits per heavy atom. The van der Waals surface area contributed by atoms with Crippen LogP contribution in [-0.4, -0.2) is 23.9 Å². The molecule has 0 amide bonds. The largest absolute Gasteiger partial charge is 0.495 e. The molecule has 0 atom stereocenters. The zero-order chi connectivity index (χ0) is 31.3. The van der Waals surface area contributed by atoms with Crippen LogP contribution in [0.25, 0.3) is 0 Å². The average molecular weight is 635 g/mol. The van der Waals surface area contributed by atoms with E-state index in [0.717, 1.165) is 29.3 Å². The number of sulfonamides is 2. The third-order valence-electron chi connectivity index (χ3n) is 6.82. The molecule has 5 aromatic carbocycles. The van der Waals surface area contributed by atoms with Crippen molar-refractivity contribution >= 4 is 31.4 Å². The van der Waals surface area contributed by atoms with E-state index in [2.05, 4.69) is 9.44 Å². The third kappa shape index (κ3) is 7.24. The second kappa shape index (κ2) is 12.9. The molecule has 0 spiro atoms. The van der Waals surface area contributed by atoms with Crippen LogP contribution in [-0.2, 0) is 32.9 Å². The van der Waals surface area contributed by atoms with Crippen molar-refractivity contribution in [3.8, 4) is 5.75 Å². The SMILES string of the molecule is COc1ccc(S(=O)(=O)Nc2ccc(Cc3ccccc3)c(F)c2)cc1S(=O)(=O)Nc1ccc(Cc2ccccc2)c(F)c1. The molecule has 0 aliphatic carbocycles. The molecular weight excluding hydrogens is 607 g/mol. The predicted molar refractivity (Wildman–Crippen MR) is 166 cm³/mol. The molecule has 11 heteroatoms. The molecule has 0 radical (unpaired) electrons. The van der Waals surface area contributed by atoms with E-state index in [1.54, 1.807) is 0 Å². The minimum atomic E-state index is -4.44. The fraction of sp³-hybridized carbons (Fsp3) is 0.0909. The number of anilines is 2. The van der Waals surface area contributed by atoms with Crippen molar-refractivity contribution in [3.63, 3.8) is 0 Å². The zero-order valence-corrected chi connectivity index (χ0v) is 25.1. The normalized spacial score (nSPS) is 11.6. The molecule has 0 saturated heterocycles. The molecule has 2 N–H and O–H groups in total. The summed E-state index contributed by atoms with van der Waals surface area (Å²) in [5.41, 5.74) is 2.45. The lowest BCUT2D eigenvalue weighted by Crippen LogP contribution is -2.17. The summed E-state index contributed by atoms with van der Waals surface area (Å²) in [7, 11) is -7.55. The van der Waals surface area contributed by atoms with E-state index in [9.17, 15) is 25.6 Å². The van der Waals surface area contributed by atoms with Crippen LogP contribution in [0.15, 0.2) is 125 Å². The Hall–Kier alpha value is -4.74. The lowest BCUT2D eigenvalue weighted by atomic mass is 10.0. The molecule has 0 bridgehead atoms. The summed E-state index contributed by atoms with van der Waals surface area (Å²) in [5.74, 6) is -1.34. The highest BCUT2D eigenvalue weighted by molar-refractivity contribution is 7.93. The van der Waals surface area contributed by atoms with Crippen molar-refractivity contribution < 1.29 is 30.4 Å². The second-order valence-electron chi connectivity index (χ2n) is 9.96. The van der Waals surface area contributed by atoms with Gasteiger partial charge in [-0.2, -0.15) is 0 Å². The maximum absolute atomic E-state index is 14.9. The zero-order valence-electron chi connectivity index (χ0n) is 23.5. The van der Waals surface area contributed by atoms with Gasteiger partial charge in [-0.1, -0.05) is 72.8 Å². The summed E-state index contributed by atoms with van der Waals surface area (Å²) in [6.07, 6.45) is 0.645. The molecule has 5 aromatic rings. The number of halogens is 2. The van der Waals surface area contributed by atoms with E-state index >= 15 is 0 Å². The van der Waals surface area contributed by atoms with Crippen molar-refractivity contribution in [3.05, 3.63) is 149 Å². The summed E-state index contributed by atoms with van der Waals surface area (Å²) in [4.78, 5) is -0.891. The molecular formula is C33H28F2N2O5S2. The van der Waals surface area contributed by atoms with Gasteiger partial charge >= 0.3 is 0 Å². The predicted octanol–water partition coefficient (Wildman–Crippen LogP) is 6.76. The monoisotopic (exact) mass is 634 g/mol. The smallest absolute Gasteiger partial charge is 0.265 e. The third-order valence-corrected chi connectivity index (χ3v) is 9.60. The van der Waals surface area contributed by atoms with Gasteiger partial charge in [0.15, 0.2) is 0 Å². The van der Waals surface area contributed by atoms with Crippen LogP contribution in [0.4, 0.5) is 20.2 Å². The molecule has 0 unspecified atom stereocenters. The molecule has 0 fully saturated rings. The van der Waals surface area contributed by atoms with Gasteiger partial charge in [-0.05, 0) is 64.7 Å². The second-order valence-corrected chi connectivity index (χ2v) is 13.3. The Labute approximate surface area is 255 Å². The highest BCUT2D eigenvalue weighted by atomic mass is 32.2. The standard InChI is InChI=1S/C33H28F2N2O5S2/c1-42-32-17-16-29(43(38,39)36-27-14-12-25(30(34)20-27)18-23-8-4-2-5-9-23)22-33(32)44(40,41)37-28-15-13-26(31(35)21-28)19-24-10-6-3-7-11-24/h2-17,20-22,36-37H,18-19H2,1H3. The van der Waals surface area contributed by atoms with E-state index in [4.69, 9.17) is 4.74 Å². The highest BCUT2D eigenvalue weighted by Gasteiger charge is 2.25. The molecule has 0 saturated carbocycles. The number of methoxy groups -OCH3 is 1. The quantitative estimate of drug-likeness (QED) is 0.167. The summed E-state index contributed by atoms with van der Waals surface area (Å²) < 4.78 is 92.6. The van der Waals surface area contributed by atoms with Gasteiger partial charge in [0.25, 0.3) is 20.0 Å². The van der Waals surface area contributed by atoms with Crippen molar-refractivity contribution in [2.75, 3.05) is 16.6 Å². The molecule has 5 rings (SSSR count). The van der Waals surface area contributed by atoms with E-state index in [-0.39, 0.29) is 17.1 Å². The minimum absolute atomic E-state index is 0.0382. The Morgan fingerprint density at radius 2 is 1.07 bits per heavy atom.